The van der Waals surface area contributed by atoms with E-state index in [4.69, 9.17) is 25.8 Å². The van der Waals surface area contributed by atoms with Crippen molar-refractivity contribution in [1.82, 2.24) is 9.88 Å². The molecule has 0 spiro atoms. The van der Waals surface area contributed by atoms with Gasteiger partial charge in [0.25, 0.3) is 0 Å². The number of methoxy groups -OCH3 is 2. The Labute approximate surface area is 324 Å². The van der Waals surface area contributed by atoms with Gasteiger partial charge in [0.05, 0.1) is 26.9 Å². The molecule has 0 saturated heterocycles. The molecule has 6 aromatic rings. The van der Waals surface area contributed by atoms with Crippen molar-refractivity contribution in [2.75, 3.05) is 40.5 Å². The third-order valence-corrected chi connectivity index (χ3v) is 11.4. The highest BCUT2D eigenvalue weighted by molar-refractivity contribution is 9.10. The summed E-state index contributed by atoms with van der Waals surface area (Å²) >= 11 is 9.89. The molecule has 5 aromatic carbocycles. The average molecular weight is 816 g/mol. The van der Waals surface area contributed by atoms with Gasteiger partial charge in [-0.2, -0.15) is 8.42 Å². The standard InChI is InChI=1S/C42H41BrClN3O5S/c1-50-37-14-9-31(10-15-37)42(32-11-16-38(51-2)17-12-32)47(23-21-46-53(48,49)41-28-35(43)26-34-29-45-20-19-39(34)41)22-6-24-52-40-18-13-36(44)27-33(40)25-30-7-4-3-5-8-30/h3-5,7-20,26-29,42,46H,6,21-25H2,1-2H3/p+1. The first-order chi connectivity index (χ1) is 25.7. The molecular weight excluding hydrogens is 774 g/mol. The Bertz CT molecular complexity index is 2180. The van der Waals surface area contributed by atoms with Gasteiger partial charge in [-0.15, -0.1) is 0 Å². The zero-order valence-electron chi connectivity index (χ0n) is 29.6. The van der Waals surface area contributed by atoms with Crippen molar-refractivity contribution in [3.63, 3.8) is 0 Å². The van der Waals surface area contributed by atoms with Crippen molar-refractivity contribution in [1.29, 1.82) is 0 Å². The summed E-state index contributed by atoms with van der Waals surface area (Å²) in [5.74, 6) is 2.31. The highest BCUT2D eigenvalue weighted by Gasteiger charge is 2.26. The van der Waals surface area contributed by atoms with Gasteiger partial charge in [-0.1, -0.05) is 82.1 Å². The van der Waals surface area contributed by atoms with Crippen LogP contribution in [-0.2, 0) is 16.4 Å². The van der Waals surface area contributed by atoms with Crippen molar-refractivity contribution in [3.8, 4) is 17.2 Å². The van der Waals surface area contributed by atoms with Crippen LogP contribution < -0.4 is 18.9 Å². The third kappa shape index (κ3) is 9.96. The summed E-state index contributed by atoms with van der Waals surface area (Å²) in [4.78, 5) is 6.74. The topological polar surface area (TPSA) is 94.6 Å². The lowest BCUT2D eigenvalue weighted by atomic mass is 9.96. The van der Waals surface area contributed by atoms with E-state index >= 15 is 0 Å². The van der Waals surface area contributed by atoms with E-state index in [1.54, 1.807) is 38.7 Å². The minimum absolute atomic E-state index is 0.190. The van der Waals surface area contributed by atoms with E-state index in [9.17, 15) is 8.42 Å². The maximum absolute atomic E-state index is 13.9. The fourth-order valence-corrected chi connectivity index (χ4v) is 8.69. The molecule has 0 radical (unpaired) electrons. The van der Waals surface area contributed by atoms with Crippen LogP contribution in [0.4, 0.5) is 0 Å². The normalized spacial score (nSPS) is 11.7. The number of quaternary nitrogens is 1. The Morgan fingerprint density at radius 1 is 0.830 bits per heavy atom. The third-order valence-electron chi connectivity index (χ3n) is 9.08. The predicted octanol–water partition coefficient (Wildman–Crippen LogP) is 8.07. The number of ether oxygens (including phenoxy) is 3. The number of nitrogens with two attached hydrogens (primary N) is 1. The number of hydrogen-bond donors (Lipinski definition) is 1. The first kappa shape index (κ1) is 38.3. The molecule has 11 heteroatoms. The van der Waals surface area contributed by atoms with Crippen LogP contribution in [0.25, 0.3) is 10.8 Å². The summed E-state index contributed by atoms with van der Waals surface area (Å²) in [6.45, 7) is 1.85. The van der Waals surface area contributed by atoms with Gasteiger partial charge >= 0.3 is 10.0 Å². The lowest BCUT2D eigenvalue weighted by molar-refractivity contribution is -0.497. The van der Waals surface area contributed by atoms with E-state index in [1.165, 1.54) is 10.3 Å². The van der Waals surface area contributed by atoms with E-state index in [2.05, 4.69) is 62.2 Å². The monoisotopic (exact) mass is 814 g/mol. The van der Waals surface area contributed by atoms with Gasteiger partial charge in [0.2, 0.25) is 0 Å². The quantitative estimate of drug-likeness (QED) is 0.0932. The van der Waals surface area contributed by atoms with Crippen LogP contribution >= 0.6 is 27.5 Å². The van der Waals surface area contributed by atoms with Crippen LogP contribution in [0.2, 0.25) is 5.02 Å². The molecule has 0 aliphatic heterocycles. The molecule has 0 aliphatic rings. The minimum Gasteiger partial charge on any atom is -0.497 e. The Balaban J connectivity index is 1.25. The van der Waals surface area contributed by atoms with Gasteiger partial charge in [0, 0.05) is 52.2 Å². The fraction of sp³-hybridized carbons (Fsp3) is 0.214. The molecule has 0 aliphatic carbocycles. The Morgan fingerprint density at radius 2 is 1.51 bits per heavy atom. The van der Waals surface area contributed by atoms with E-state index in [0.29, 0.717) is 54.0 Å². The summed E-state index contributed by atoms with van der Waals surface area (Å²) < 4.78 is 47.2. The first-order valence-corrected chi connectivity index (χ1v) is 20.0. The van der Waals surface area contributed by atoms with Crippen molar-refractivity contribution < 1.29 is 27.4 Å². The SMILES string of the molecule is COc1ccc(C(c2ccc(OC)cc2)N(CCCOc2ccc(Cl)cc2Cc2ccccc2)CC[NH2+]S(=O)(=O)c2cc(Br)cc3cnccc23)cc1. The highest BCUT2D eigenvalue weighted by atomic mass is 79.9. The fourth-order valence-electron chi connectivity index (χ4n) is 6.49. The summed E-state index contributed by atoms with van der Waals surface area (Å²) in [5.41, 5.74) is 4.29. The second-order valence-electron chi connectivity index (χ2n) is 12.6. The molecule has 53 heavy (non-hydrogen) atoms. The molecule has 0 unspecified atom stereocenters. The predicted molar refractivity (Wildman–Crippen MR) is 214 cm³/mol. The van der Waals surface area contributed by atoms with Gasteiger partial charge in [0.1, 0.15) is 28.7 Å². The van der Waals surface area contributed by atoms with Crippen LogP contribution in [0.3, 0.4) is 0 Å². The molecule has 6 rings (SSSR count). The molecule has 2 N–H and O–H groups in total. The largest absolute Gasteiger partial charge is 0.497 e. The molecule has 0 saturated carbocycles. The molecule has 0 fully saturated rings. The second-order valence-corrected chi connectivity index (χ2v) is 15.8. The maximum Gasteiger partial charge on any atom is 0.324 e. The maximum atomic E-state index is 13.9. The van der Waals surface area contributed by atoms with Gasteiger partial charge in [-0.3, -0.25) is 9.88 Å². The summed E-state index contributed by atoms with van der Waals surface area (Å²) in [6.07, 6.45) is 4.67. The van der Waals surface area contributed by atoms with Crippen molar-refractivity contribution >= 4 is 48.3 Å². The van der Waals surface area contributed by atoms with Crippen LogP contribution in [-0.4, -0.2) is 58.8 Å². The average Bonchev–Trinajstić information content (AvgIpc) is 3.17. The molecule has 8 nitrogen and oxygen atoms in total. The molecule has 0 atom stereocenters. The van der Waals surface area contributed by atoms with E-state index in [1.807, 2.05) is 66.7 Å². The van der Waals surface area contributed by atoms with Crippen molar-refractivity contribution in [3.05, 3.63) is 159 Å². The van der Waals surface area contributed by atoms with Crippen molar-refractivity contribution in [2.24, 2.45) is 0 Å². The van der Waals surface area contributed by atoms with E-state index < -0.39 is 10.0 Å². The molecule has 1 heterocycles. The first-order valence-electron chi connectivity index (χ1n) is 17.3. The van der Waals surface area contributed by atoms with Crippen LogP contribution in [0, 0.1) is 0 Å². The van der Waals surface area contributed by atoms with Gasteiger partial charge in [-0.05, 0) is 89.3 Å². The molecule has 274 valence electrons. The number of pyridine rings is 1. The number of sulfonamides is 1. The number of hydrogen-bond acceptors (Lipinski definition) is 7. The van der Waals surface area contributed by atoms with Crippen LogP contribution in [0.1, 0.15) is 34.7 Å². The van der Waals surface area contributed by atoms with Gasteiger partial charge < -0.3 is 14.2 Å². The van der Waals surface area contributed by atoms with Crippen LogP contribution in [0.5, 0.6) is 17.2 Å². The van der Waals surface area contributed by atoms with Gasteiger partial charge in [0.15, 0.2) is 0 Å². The highest BCUT2D eigenvalue weighted by Crippen LogP contribution is 2.32. The van der Waals surface area contributed by atoms with E-state index in [0.717, 1.165) is 39.3 Å². The summed E-state index contributed by atoms with van der Waals surface area (Å²) in [5, 5.41) is 2.05. The Kier molecular flexibility index (Phi) is 13.0. The Morgan fingerprint density at radius 3 is 2.17 bits per heavy atom. The molecule has 0 bridgehead atoms. The number of nitrogens with zero attached hydrogens (tertiary/aromatic N) is 2. The minimum atomic E-state index is -3.75. The lowest BCUT2D eigenvalue weighted by Crippen LogP contribution is -2.88. The lowest BCUT2D eigenvalue weighted by Gasteiger charge is -2.32. The summed E-state index contributed by atoms with van der Waals surface area (Å²) in [7, 11) is -0.455. The molecular formula is C42H42BrClN3O5S+. The number of aromatic nitrogens is 1. The number of rotatable bonds is 17. The molecule has 1 aromatic heterocycles. The zero-order chi connectivity index (χ0) is 37.2. The molecule has 0 amide bonds. The Hall–Kier alpha value is -4.45. The van der Waals surface area contributed by atoms with Crippen molar-refractivity contribution in [2.45, 2.75) is 23.8 Å². The second kappa shape index (κ2) is 18.1. The van der Waals surface area contributed by atoms with E-state index in [-0.39, 0.29) is 10.9 Å². The number of halogens is 2. The van der Waals surface area contributed by atoms with Gasteiger partial charge in [-0.25, -0.2) is 4.72 Å². The summed E-state index contributed by atoms with van der Waals surface area (Å²) in [6, 6.07) is 37.1. The number of primary sulfonamides is 1. The van der Waals surface area contributed by atoms with Crippen LogP contribution in [0.15, 0.2) is 137 Å². The number of fused-ring (bicyclic) bond motifs is 1. The zero-order valence-corrected chi connectivity index (χ0v) is 32.8. The smallest absolute Gasteiger partial charge is 0.324 e. The number of benzene rings is 5.